The van der Waals surface area contributed by atoms with Gasteiger partial charge in [0.25, 0.3) is 10.2 Å². The summed E-state index contributed by atoms with van der Waals surface area (Å²) in [7, 11) is -2.45. The van der Waals surface area contributed by atoms with Gasteiger partial charge in [-0.05, 0) is 40.0 Å². The van der Waals surface area contributed by atoms with Crippen molar-refractivity contribution in [1.29, 1.82) is 0 Å². The molecule has 2 aliphatic rings. The molecule has 1 N–H and O–H groups in total. The number of amides is 1. The van der Waals surface area contributed by atoms with E-state index in [-0.39, 0.29) is 32.6 Å². The largest absolute Gasteiger partial charge is 0.469 e. The Morgan fingerprint density at radius 1 is 1.12 bits per heavy atom. The van der Waals surface area contributed by atoms with E-state index in [2.05, 4.69) is 9.46 Å². The Morgan fingerprint density at radius 2 is 1.69 bits per heavy atom. The van der Waals surface area contributed by atoms with Gasteiger partial charge in [-0.2, -0.15) is 17.4 Å². The number of nitrogens with one attached hydrogen (secondary N) is 1. The van der Waals surface area contributed by atoms with Gasteiger partial charge in [0.15, 0.2) is 0 Å². The standard InChI is InChI=1S/C16H29N3O6S/c1-15(2,3)25-14(21)18-8-10-19(11-9-18)26(22,23)17-16(6-5-7-16)12-13(20)24-4/h17H,5-12H2,1-4H3. The summed E-state index contributed by atoms with van der Waals surface area (Å²) in [4.78, 5) is 25.2. The maximum Gasteiger partial charge on any atom is 0.410 e. The molecule has 0 aromatic carbocycles. The summed E-state index contributed by atoms with van der Waals surface area (Å²) in [5.74, 6) is -0.429. The predicted molar refractivity (Wildman–Crippen MR) is 94.7 cm³/mol. The second-order valence-electron chi connectivity index (χ2n) is 7.86. The van der Waals surface area contributed by atoms with E-state index in [0.29, 0.717) is 12.8 Å². The van der Waals surface area contributed by atoms with Crippen molar-refractivity contribution >= 4 is 22.3 Å². The van der Waals surface area contributed by atoms with Gasteiger partial charge < -0.3 is 14.4 Å². The Morgan fingerprint density at radius 3 is 2.12 bits per heavy atom. The molecule has 9 nitrogen and oxygen atoms in total. The van der Waals surface area contributed by atoms with Crippen molar-refractivity contribution in [3.8, 4) is 0 Å². The number of hydrogen-bond acceptors (Lipinski definition) is 6. The molecule has 2 fully saturated rings. The molecule has 1 saturated heterocycles. The summed E-state index contributed by atoms with van der Waals surface area (Å²) < 4.78 is 39.4. The topological polar surface area (TPSA) is 105 Å². The average Bonchev–Trinajstić information content (AvgIpc) is 2.51. The van der Waals surface area contributed by atoms with Crippen LogP contribution in [0.15, 0.2) is 0 Å². The highest BCUT2D eigenvalue weighted by molar-refractivity contribution is 7.87. The molecule has 0 radical (unpaired) electrons. The van der Waals surface area contributed by atoms with Crippen molar-refractivity contribution in [3.05, 3.63) is 0 Å². The van der Waals surface area contributed by atoms with Crippen molar-refractivity contribution in [2.75, 3.05) is 33.3 Å². The van der Waals surface area contributed by atoms with Crippen molar-refractivity contribution in [1.82, 2.24) is 13.9 Å². The van der Waals surface area contributed by atoms with Gasteiger partial charge in [0, 0.05) is 31.7 Å². The molecular formula is C16H29N3O6S. The maximum atomic E-state index is 12.7. The molecule has 26 heavy (non-hydrogen) atoms. The molecule has 0 aromatic heterocycles. The van der Waals surface area contributed by atoms with Crippen LogP contribution in [-0.2, 0) is 24.5 Å². The molecule has 0 unspecified atom stereocenters. The van der Waals surface area contributed by atoms with Crippen LogP contribution in [0.4, 0.5) is 4.79 Å². The van der Waals surface area contributed by atoms with E-state index in [1.54, 1.807) is 20.8 Å². The van der Waals surface area contributed by atoms with E-state index in [9.17, 15) is 18.0 Å². The van der Waals surface area contributed by atoms with Crippen LogP contribution in [0.1, 0.15) is 46.5 Å². The molecule has 0 atom stereocenters. The van der Waals surface area contributed by atoms with E-state index >= 15 is 0 Å². The monoisotopic (exact) mass is 391 g/mol. The Bertz CT molecular complexity index is 631. The van der Waals surface area contributed by atoms with Crippen molar-refractivity contribution in [2.24, 2.45) is 0 Å². The number of nitrogens with zero attached hydrogens (tertiary/aromatic N) is 2. The number of carbonyl (C=O) groups excluding carboxylic acids is 2. The quantitative estimate of drug-likeness (QED) is 0.697. The van der Waals surface area contributed by atoms with Gasteiger partial charge in [0.05, 0.1) is 13.5 Å². The summed E-state index contributed by atoms with van der Waals surface area (Å²) in [5, 5.41) is 0. The highest BCUT2D eigenvalue weighted by Crippen LogP contribution is 2.36. The summed E-state index contributed by atoms with van der Waals surface area (Å²) in [6, 6.07) is 0. The molecule has 0 aromatic rings. The first kappa shape index (κ1) is 20.9. The molecule has 2 rings (SSSR count). The van der Waals surface area contributed by atoms with Crippen LogP contribution in [0.2, 0.25) is 0 Å². The number of ether oxygens (including phenoxy) is 2. The average molecular weight is 391 g/mol. The third-order valence-corrected chi connectivity index (χ3v) is 6.33. The fourth-order valence-electron chi connectivity index (χ4n) is 3.04. The first-order valence-corrected chi connectivity index (χ1v) is 10.2. The zero-order chi connectivity index (χ0) is 19.6. The Labute approximate surface area is 155 Å². The van der Waals surface area contributed by atoms with Crippen LogP contribution in [0, 0.1) is 0 Å². The first-order chi connectivity index (χ1) is 12.0. The lowest BCUT2D eigenvalue weighted by molar-refractivity contribution is -0.143. The van der Waals surface area contributed by atoms with Crippen molar-refractivity contribution in [2.45, 2.75) is 57.6 Å². The van der Waals surface area contributed by atoms with Gasteiger partial charge in [-0.1, -0.05) is 0 Å². The second kappa shape index (κ2) is 7.69. The molecule has 1 aliphatic heterocycles. The Balaban J connectivity index is 1.93. The molecule has 1 aliphatic carbocycles. The van der Waals surface area contributed by atoms with Crippen LogP contribution in [0.25, 0.3) is 0 Å². The molecule has 0 bridgehead atoms. The lowest BCUT2D eigenvalue weighted by atomic mass is 9.75. The number of methoxy groups -OCH3 is 1. The summed E-state index contributed by atoms with van der Waals surface area (Å²) in [5.41, 5.74) is -1.35. The predicted octanol–water partition coefficient (Wildman–Crippen LogP) is 0.859. The molecule has 10 heteroatoms. The summed E-state index contributed by atoms with van der Waals surface area (Å²) in [6.07, 6.45) is 1.67. The maximum absolute atomic E-state index is 12.7. The SMILES string of the molecule is COC(=O)CC1(NS(=O)(=O)N2CCN(C(=O)OC(C)(C)C)CC2)CCC1. The van der Waals surface area contributed by atoms with E-state index in [0.717, 1.165) is 6.42 Å². The molecule has 0 spiro atoms. The molecule has 1 saturated carbocycles. The van der Waals surface area contributed by atoms with Gasteiger partial charge in [-0.15, -0.1) is 0 Å². The summed E-state index contributed by atoms with van der Waals surface area (Å²) in [6.45, 7) is 6.25. The van der Waals surface area contributed by atoms with Crippen molar-refractivity contribution in [3.63, 3.8) is 0 Å². The highest BCUT2D eigenvalue weighted by Gasteiger charge is 2.44. The Hall–Kier alpha value is -1.39. The van der Waals surface area contributed by atoms with Crippen LogP contribution < -0.4 is 4.72 Å². The van der Waals surface area contributed by atoms with Gasteiger partial charge in [-0.3, -0.25) is 4.79 Å². The van der Waals surface area contributed by atoms with Gasteiger partial charge in [0.2, 0.25) is 0 Å². The lowest BCUT2D eigenvalue weighted by Crippen LogP contribution is -2.61. The number of rotatable bonds is 5. The van der Waals surface area contributed by atoms with E-state index < -0.39 is 33.4 Å². The van der Waals surface area contributed by atoms with Crippen LogP contribution >= 0.6 is 0 Å². The third-order valence-electron chi connectivity index (χ3n) is 4.60. The van der Waals surface area contributed by atoms with E-state index in [1.165, 1.54) is 16.3 Å². The minimum atomic E-state index is -3.74. The van der Waals surface area contributed by atoms with E-state index in [1.807, 2.05) is 0 Å². The first-order valence-electron chi connectivity index (χ1n) is 8.80. The van der Waals surface area contributed by atoms with Gasteiger partial charge in [0.1, 0.15) is 5.60 Å². The fourth-order valence-corrected chi connectivity index (χ4v) is 4.64. The normalized spacial score (nSPS) is 21.0. The number of piperazine rings is 1. The van der Waals surface area contributed by atoms with E-state index in [4.69, 9.17) is 4.74 Å². The lowest BCUT2D eigenvalue weighted by Gasteiger charge is -2.43. The molecule has 1 amide bonds. The molecular weight excluding hydrogens is 362 g/mol. The smallest absolute Gasteiger partial charge is 0.410 e. The summed E-state index contributed by atoms with van der Waals surface area (Å²) >= 11 is 0. The van der Waals surface area contributed by atoms with Crippen LogP contribution in [0.5, 0.6) is 0 Å². The van der Waals surface area contributed by atoms with Crippen LogP contribution in [-0.4, -0.2) is 74.1 Å². The second-order valence-corrected chi connectivity index (χ2v) is 9.53. The van der Waals surface area contributed by atoms with Crippen molar-refractivity contribution < 1.29 is 27.5 Å². The zero-order valence-electron chi connectivity index (χ0n) is 15.9. The van der Waals surface area contributed by atoms with Gasteiger partial charge >= 0.3 is 12.1 Å². The fraction of sp³-hybridized carbons (Fsp3) is 0.875. The number of hydrogen-bond donors (Lipinski definition) is 1. The minimum Gasteiger partial charge on any atom is -0.469 e. The van der Waals surface area contributed by atoms with Crippen LogP contribution in [0.3, 0.4) is 0 Å². The third kappa shape index (κ3) is 5.31. The molecule has 150 valence electrons. The number of esters is 1. The van der Waals surface area contributed by atoms with Gasteiger partial charge in [-0.25, -0.2) is 4.79 Å². The number of carbonyl (C=O) groups is 2. The zero-order valence-corrected chi connectivity index (χ0v) is 16.7. The molecule has 1 heterocycles. The highest BCUT2D eigenvalue weighted by atomic mass is 32.2. The Kier molecular flexibility index (Phi) is 6.19. The minimum absolute atomic E-state index is 0.0284.